The number of pyridine rings is 1. The molecule has 20 heavy (non-hydrogen) atoms. The topological polar surface area (TPSA) is 54.8 Å². The predicted octanol–water partition coefficient (Wildman–Crippen LogP) is 1.69. The highest BCUT2D eigenvalue weighted by atomic mass is 16.5. The molecule has 0 radical (unpaired) electrons. The number of anilines is 1. The molecule has 2 rings (SSSR count). The van der Waals surface area contributed by atoms with Gasteiger partial charge in [-0.25, -0.2) is 4.98 Å². The van der Waals surface area contributed by atoms with E-state index < -0.39 is 0 Å². The Hall–Kier alpha value is -1.85. The van der Waals surface area contributed by atoms with Gasteiger partial charge in [0.15, 0.2) is 0 Å². The lowest BCUT2D eigenvalue weighted by atomic mass is 10.1. The molecule has 2 aromatic rings. The monoisotopic (exact) mass is 276 g/mol. The summed E-state index contributed by atoms with van der Waals surface area (Å²) in [6.07, 6.45) is 1.76. The first-order chi connectivity index (χ1) is 9.81. The highest BCUT2D eigenvalue weighted by Gasteiger charge is 2.12. The summed E-state index contributed by atoms with van der Waals surface area (Å²) in [5, 5.41) is 11.3. The first-order valence-electron chi connectivity index (χ1n) is 6.58. The zero-order valence-electron chi connectivity index (χ0n) is 11.9. The molecule has 1 N–H and O–H groups in total. The maximum atomic E-state index is 9.24. The minimum absolute atomic E-state index is 0.0751. The molecule has 5 nitrogen and oxygen atoms in total. The molecule has 1 aromatic carbocycles. The molecule has 108 valence electrons. The first kappa shape index (κ1) is 14.6. The van der Waals surface area contributed by atoms with Crippen LogP contribution in [0.3, 0.4) is 0 Å². The molecule has 0 saturated heterocycles. The summed E-state index contributed by atoms with van der Waals surface area (Å²) in [6, 6.07) is 7.82. The van der Waals surface area contributed by atoms with Crippen molar-refractivity contribution in [2.75, 3.05) is 45.4 Å². The SMILES string of the molecule is COCCN(CCO)c1nccc2c(OC)cccc12. The Bertz CT molecular complexity index is 560. The predicted molar refractivity (Wildman–Crippen MR) is 79.5 cm³/mol. The Kier molecular flexibility index (Phi) is 5.15. The normalized spacial score (nSPS) is 10.8. The fourth-order valence-electron chi connectivity index (χ4n) is 2.24. The Labute approximate surface area is 118 Å². The largest absolute Gasteiger partial charge is 0.496 e. The molecule has 1 heterocycles. The molecule has 0 spiro atoms. The Morgan fingerprint density at radius 3 is 2.70 bits per heavy atom. The Balaban J connectivity index is 2.46. The summed E-state index contributed by atoms with van der Waals surface area (Å²) in [7, 11) is 3.32. The molecular weight excluding hydrogens is 256 g/mol. The van der Waals surface area contributed by atoms with E-state index in [0.717, 1.165) is 22.3 Å². The number of ether oxygens (including phenoxy) is 2. The van der Waals surface area contributed by atoms with Gasteiger partial charge in [0.1, 0.15) is 11.6 Å². The van der Waals surface area contributed by atoms with Crippen molar-refractivity contribution in [3.63, 3.8) is 0 Å². The Morgan fingerprint density at radius 1 is 1.15 bits per heavy atom. The van der Waals surface area contributed by atoms with E-state index in [-0.39, 0.29) is 6.61 Å². The van der Waals surface area contributed by atoms with Gasteiger partial charge in [-0.2, -0.15) is 0 Å². The van der Waals surface area contributed by atoms with Crippen LogP contribution >= 0.6 is 0 Å². The molecule has 0 unspecified atom stereocenters. The number of methoxy groups -OCH3 is 2. The quantitative estimate of drug-likeness (QED) is 0.834. The van der Waals surface area contributed by atoms with E-state index in [2.05, 4.69) is 4.98 Å². The van der Waals surface area contributed by atoms with Crippen LogP contribution < -0.4 is 9.64 Å². The zero-order chi connectivity index (χ0) is 14.4. The second kappa shape index (κ2) is 7.07. The van der Waals surface area contributed by atoms with Crippen molar-refractivity contribution in [2.45, 2.75) is 0 Å². The fourth-order valence-corrected chi connectivity index (χ4v) is 2.24. The van der Waals surface area contributed by atoms with Crippen molar-refractivity contribution in [3.05, 3.63) is 30.5 Å². The van der Waals surface area contributed by atoms with Crippen LogP contribution in [0.2, 0.25) is 0 Å². The minimum atomic E-state index is 0.0751. The highest BCUT2D eigenvalue weighted by Crippen LogP contribution is 2.30. The van der Waals surface area contributed by atoms with Gasteiger partial charge < -0.3 is 19.5 Å². The smallest absolute Gasteiger partial charge is 0.136 e. The molecule has 0 aliphatic heterocycles. The third-order valence-corrected chi connectivity index (χ3v) is 3.20. The van der Waals surface area contributed by atoms with Crippen molar-refractivity contribution in [1.29, 1.82) is 0 Å². The lowest BCUT2D eigenvalue weighted by molar-refractivity contribution is 0.202. The van der Waals surface area contributed by atoms with Crippen LogP contribution in [-0.2, 0) is 4.74 Å². The van der Waals surface area contributed by atoms with E-state index in [0.29, 0.717) is 19.7 Å². The molecule has 0 atom stereocenters. The number of nitrogens with zero attached hydrogens (tertiary/aromatic N) is 2. The van der Waals surface area contributed by atoms with Crippen molar-refractivity contribution < 1.29 is 14.6 Å². The van der Waals surface area contributed by atoms with Gasteiger partial charge in [0.2, 0.25) is 0 Å². The number of hydrogen-bond acceptors (Lipinski definition) is 5. The van der Waals surface area contributed by atoms with Gasteiger partial charge in [-0.1, -0.05) is 12.1 Å². The van der Waals surface area contributed by atoms with Gasteiger partial charge in [-0.15, -0.1) is 0 Å². The van der Waals surface area contributed by atoms with E-state index in [1.807, 2.05) is 29.2 Å². The van der Waals surface area contributed by atoms with E-state index in [1.54, 1.807) is 20.4 Å². The standard InChI is InChI=1S/C15H20N2O3/c1-19-11-9-17(8-10-18)15-13-4-3-5-14(20-2)12(13)6-7-16-15/h3-7,18H,8-11H2,1-2H3. The fraction of sp³-hybridized carbons (Fsp3) is 0.400. The minimum Gasteiger partial charge on any atom is -0.496 e. The number of hydrogen-bond donors (Lipinski definition) is 1. The van der Waals surface area contributed by atoms with Crippen LogP contribution in [0.5, 0.6) is 5.75 Å². The number of aliphatic hydroxyl groups is 1. The maximum Gasteiger partial charge on any atom is 0.136 e. The first-order valence-corrected chi connectivity index (χ1v) is 6.58. The van der Waals surface area contributed by atoms with Crippen LogP contribution in [0.15, 0.2) is 30.5 Å². The van der Waals surface area contributed by atoms with Crippen molar-refractivity contribution >= 4 is 16.6 Å². The van der Waals surface area contributed by atoms with Crippen LogP contribution in [0.1, 0.15) is 0 Å². The summed E-state index contributed by atoms with van der Waals surface area (Å²) in [5.41, 5.74) is 0. The van der Waals surface area contributed by atoms with Gasteiger partial charge in [-0.3, -0.25) is 0 Å². The lowest BCUT2D eigenvalue weighted by Crippen LogP contribution is -2.31. The van der Waals surface area contributed by atoms with Gasteiger partial charge in [-0.05, 0) is 12.1 Å². The number of aromatic nitrogens is 1. The van der Waals surface area contributed by atoms with Crippen molar-refractivity contribution in [3.8, 4) is 5.75 Å². The number of aliphatic hydroxyl groups excluding tert-OH is 1. The third-order valence-electron chi connectivity index (χ3n) is 3.20. The highest BCUT2D eigenvalue weighted by molar-refractivity contribution is 5.96. The third kappa shape index (κ3) is 3.00. The van der Waals surface area contributed by atoms with E-state index >= 15 is 0 Å². The van der Waals surface area contributed by atoms with Gasteiger partial charge in [0.05, 0.1) is 20.3 Å². The van der Waals surface area contributed by atoms with E-state index in [1.165, 1.54) is 0 Å². The summed E-state index contributed by atoms with van der Waals surface area (Å²) >= 11 is 0. The number of benzene rings is 1. The number of fused-ring (bicyclic) bond motifs is 1. The molecule has 5 heteroatoms. The maximum absolute atomic E-state index is 9.24. The van der Waals surface area contributed by atoms with Gasteiger partial charge in [0.25, 0.3) is 0 Å². The van der Waals surface area contributed by atoms with Gasteiger partial charge >= 0.3 is 0 Å². The molecule has 0 aliphatic rings. The average Bonchev–Trinajstić information content (AvgIpc) is 2.50. The Morgan fingerprint density at radius 2 is 2.00 bits per heavy atom. The molecule has 0 saturated carbocycles. The molecular formula is C15H20N2O3. The zero-order valence-corrected chi connectivity index (χ0v) is 11.9. The number of rotatable bonds is 7. The summed E-state index contributed by atoms with van der Waals surface area (Å²) in [4.78, 5) is 6.48. The van der Waals surface area contributed by atoms with Crippen LogP contribution in [0, 0.1) is 0 Å². The van der Waals surface area contributed by atoms with Crippen molar-refractivity contribution in [2.24, 2.45) is 0 Å². The molecule has 1 aromatic heterocycles. The van der Waals surface area contributed by atoms with Crippen LogP contribution in [-0.4, -0.2) is 50.6 Å². The second-order valence-electron chi connectivity index (χ2n) is 4.39. The van der Waals surface area contributed by atoms with E-state index in [9.17, 15) is 5.11 Å². The molecule has 0 bridgehead atoms. The van der Waals surface area contributed by atoms with Crippen LogP contribution in [0.25, 0.3) is 10.8 Å². The summed E-state index contributed by atoms with van der Waals surface area (Å²) in [6.45, 7) is 1.86. The molecule has 0 aliphatic carbocycles. The van der Waals surface area contributed by atoms with E-state index in [4.69, 9.17) is 9.47 Å². The molecule has 0 amide bonds. The molecule has 0 fully saturated rings. The lowest BCUT2D eigenvalue weighted by Gasteiger charge is -2.24. The summed E-state index contributed by atoms with van der Waals surface area (Å²) < 4.78 is 10.5. The van der Waals surface area contributed by atoms with Gasteiger partial charge in [0, 0.05) is 37.2 Å². The average molecular weight is 276 g/mol. The summed E-state index contributed by atoms with van der Waals surface area (Å²) in [5.74, 6) is 1.66. The van der Waals surface area contributed by atoms with Crippen LogP contribution in [0.4, 0.5) is 5.82 Å². The van der Waals surface area contributed by atoms with Crippen molar-refractivity contribution in [1.82, 2.24) is 4.98 Å². The second-order valence-corrected chi connectivity index (χ2v) is 4.39.